The Kier molecular flexibility index (Phi) is 6.15. The van der Waals surface area contributed by atoms with Gasteiger partial charge in [-0.05, 0) is 31.9 Å². The van der Waals surface area contributed by atoms with E-state index in [0.29, 0.717) is 6.42 Å². The lowest BCUT2D eigenvalue weighted by atomic mass is 10.1. The van der Waals surface area contributed by atoms with Crippen molar-refractivity contribution in [2.24, 2.45) is 0 Å². The third-order valence-corrected chi connectivity index (χ3v) is 2.71. The summed E-state index contributed by atoms with van der Waals surface area (Å²) in [4.78, 5) is 11.7. The molecule has 1 rings (SSSR count). The van der Waals surface area contributed by atoms with Crippen molar-refractivity contribution in [2.45, 2.75) is 25.8 Å². The van der Waals surface area contributed by atoms with E-state index in [9.17, 15) is 4.79 Å². The number of esters is 1. The van der Waals surface area contributed by atoms with E-state index >= 15 is 0 Å². The average molecular weight is 247 g/mol. The molecule has 0 amide bonds. The second-order valence-corrected chi connectivity index (χ2v) is 4.43. The van der Waals surface area contributed by atoms with Gasteiger partial charge in [0.15, 0.2) is 0 Å². The fraction of sp³-hybridized carbons (Fsp3) is 0.400. The van der Waals surface area contributed by atoms with Crippen LogP contribution in [-0.2, 0) is 16.0 Å². The third-order valence-electron chi connectivity index (χ3n) is 2.71. The molecule has 3 heteroatoms. The second-order valence-electron chi connectivity index (χ2n) is 4.43. The van der Waals surface area contributed by atoms with Gasteiger partial charge in [0, 0.05) is 0 Å². The van der Waals surface area contributed by atoms with E-state index in [1.807, 2.05) is 37.3 Å². The van der Waals surface area contributed by atoms with Gasteiger partial charge in [0.05, 0.1) is 7.11 Å². The number of hydrogen-bond acceptors (Lipinski definition) is 3. The van der Waals surface area contributed by atoms with Crippen LogP contribution in [0, 0.1) is 0 Å². The lowest BCUT2D eigenvalue weighted by Crippen LogP contribution is -2.40. The molecule has 0 fully saturated rings. The van der Waals surface area contributed by atoms with E-state index in [1.54, 1.807) is 0 Å². The normalized spacial score (nSPS) is 11.9. The van der Waals surface area contributed by atoms with Crippen molar-refractivity contribution >= 4 is 5.97 Å². The molecule has 0 aliphatic heterocycles. The van der Waals surface area contributed by atoms with Crippen LogP contribution >= 0.6 is 0 Å². The zero-order valence-electron chi connectivity index (χ0n) is 11.1. The molecule has 0 saturated carbocycles. The summed E-state index contributed by atoms with van der Waals surface area (Å²) < 4.78 is 4.82. The molecule has 1 aromatic rings. The molecule has 1 aromatic carbocycles. The first kappa shape index (κ1) is 14.5. The van der Waals surface area contributed by atoms with E-state index in [2.05, 4.69) is 11.9 Å². The third kappa shape index (κ3) is 5.15. The Labute approximate surface area is 109 Å². The SMILES string of the molecule is C=C(C)CCNC(Cc1ccccc1)C(=O)OC. The number of ether oxygens (including phenoxy) is 1. The molecule has 0 aromatic heterocycles. The Morgan fingerprint density at radius 3 is 2.61 bits per heavy atom. The van der Waals surface area contributed by atoms with Gasteiger partial charge in [0.25, 0.3) is 0 Å². The maximum Gasteiger partial charge on any atom is 0.323 e. The number of carbonyl (C=O) groups excluding carboxylic acids is 1. The van der Waals surface area contributed by atoms with Gasteiger partial charge in [0.2, 0.25) is 0 Å². The molecule has 0 spiro atoms. The Hall–Kier alpha value is -1.61. The zero-order valence-corrected chi connectivity index (χ0v) is 11.1. The van der Waals surface area contributed by atoms with Crippen LogP contribution in [-0.4, -0.2) is 25.7 Å². The van der Waals surface area contributed by atoms with Gasteiger partial charge in [-0.25, -0.2) is 0 Å². The largest absolute Gasteiger partial charge is 0.468 e. The van der Waals surface area contributed by atoms with Crippen molar-refractivity contribution in [1.29, 1.82) is 0 Å². The quantitative estimate of drug-likeness (QED) is 0.593. The van der Waals surface area contributed by atoms with E-state index in [-0.39, 0.29) is 12.0 Å². The summed E-state index contributed by atoms with van der Waals surface area (Å²) in [5.41, 5.74) is 2.22. The first-order chi connectivity index (χ1) is 8.63. The maximum atomic E-state index is 11.7. The molecule has 0 heterocycles. The molecule has 1 unspecified atom stereocenters. The van der Waals surface area contributed by atoms with Crippen molar-refractivity contribution in [2.75, 3.05) is 13.7 Å². The average Bonchev–Trinajstić information content (AvgIpc) is 2.37. The minimum Gasteiger partial charge on any atom is -0.468 e. The number of nitrogens with one attached hydrogen (secondary N) is 1. The molecule has 3 nitrogen and oxygen atoms in total. The highest BCUT2D eigenvalue weighted by molar-refractivity contribution is 5.76. The summed E-state index contributed by atoms with van der Waals surface area (Å²) in [7, 11) is 1.42. The van der Waals surface area contributed by atoms with Crippen molar-refractivity contribution in [1.82, 2.24) is 5.32 Å². The topological polar surface area (TPSA) is 38.3 Å². The van der Waals surface area contributed by atoms with Crippen LogP contribution in [0.25, 0.3) is 0 Å². The van der Waals surface area contributed by atoms with Crippen LogP contribution in [0.3, 0.4) is 0 Å². The number of hydrogen-bond donors (Lipinski definition) is 1. The van der Waals surface area contributed by atoms with Gasteiger partial charge in [0.1, 0.15) is 6.04 Å². The number of rotatable bonds is 7. The van der Waals surface area contributed by atoms with Gasteiger partial charge >= 0.3 is 5.97 Å². The lowest BCUT2D eigenvalue weighted by Gasteiger charge is -2.16. The van der Waals surface area contributed by atoms with E-state index in [4.69, 9.17) is 4.74 Å². The molecule has 0 aliphatic carbocycles. The standard InChI is InChI=1S/C15H21NO2/c1-12(2)9-10-16-14(15(17)18-3)11-13-7-5-4-6-8-13/h4-8,14,16H,1,9-11H2,2-3H3. The molecule has 1 N–H and O–H groups in total. The molecular formula is C15H21NO2. The first-order valence-corrected chi connectivity index (χ1v) is 6.13. The van der Waals surface area contributed by atoms with Crippen molar-refractivity contribution in [3.8, 4) is 0 Å². The van der Waals surface area contributed by atoms with Gasteiger partial charge in [-0.15, -0.1) is 6.58 Å². The fourth-order valence-electron chi connectivity index (χ4n) is 1.69. The summed E-state index contributed by atoms with van der Waals surface area (Å²) in [5, 5.41) is 3.21. The molecular weight excluding hydrogens is 226 g/mol. The summed E-state index contributed by atoms with van der Waals surface area (Å²) in [5.74, 6) is -0.222. The van der Waals surface area contributed by atoms with Crippen LogP contribution in [0.15, 0.2) is 42.5 Å². The highest BCUT2D eigenvalue weighted by atomic mass is 16.5. The Balaban J connectivity index is 2.56. The summed E-state index contributed by atoms with van der Waals surface area (Å²) >= 11 is 0. The van der Waals surface area contributed by atoms with Crippen molar-refractivity contribution in [3.63, 3.8) is 0 Å². The molecule has 0 aliphatic rings. The minimum atomic E-state index is -0.295. The van der Waals surface area contributed by atoms with Crippen LogP contribution < -0.4 is 5.32 Å². The van der Waals surface area contributed by atoms with Crippen LogP contribution in [0.4, 0.5) is 0 Å². The van der Waals surface area contributed by atoms with Gasteiger partial charge in [-0.1, -0.05) is 35.9 Å². The Morgan fingerprint density at radius 2 is 2.06 bits per heavy atom. The van der Waals surface area contributed by atoms with Crippen molar-refractivity contribution in [3.05, 3.63) is 48.0 Å². The zero-order chi connectivity index (χ0) is 13.4. The number of methoxy groups -OCH3 is 1. The fourth-order valence-corrected chi connectivity index (χ4v) is 1.69. The number of carbonyl (C=O) groups is 1. The van der Waals surface area contributed by atoms with E-state index in [1.165, 1.54) is 7.11 Å². The van der Waals surface area contributed by atoms with Crippen LogP contribution in [0.1, 0.15) is 18.9 Å². The molecule has 0 radical (unpaired) electrons. The second kappa shape index (κ2) is 7.67. The predicted molar refractivity (Wildman–Crippen MR) is 73.4 cm³/mol. The molecule has 0 bridgehead atoms. The van der Waals surface area contributed by atoms with Crippen LogP contribution in [0.5, 0.6) is 0 Å². The van der Waals surface area contributed by atoms with E-state index in [0.717, 1.165) is 24.1 Å². The first-order valence-electron chi connectivity index (χ1n) is 6.13. The molecule has 98 valence electrons. The molecule has 1 atom stereocenters. The van der Waals surface area contributed by atoms with Gasteiger partial charge in [-0.2, -0.15) is 0 Å². The number of benzene rings is 1. The van der Waals surface area contributed by atoms with Gasteiger partial charge < -0.3 is 10.1 Å². The lowest BCUT2D eigenvalue weighted by molar-refractivity contribution is -0.143. The summed E-state index contributed by atoms with van der Waals surface area (Å²) in [6, 6.07) is 9.63. The van der Waals surface area contributed by atoms with Crippen LogP contribution in [0.2, 0.25) is 0 Å². The highest BCUT2D eigenvalue weighted by Gasteiger charge is 2.18. The smallest absolute Gasteiger partial charge is 0.323 e. The van der Waals surface area contributed by atoms with E-state index < -0.39 is 0 Å². The monoisotopic (exact) mass is 247 g/mol. The molecule has 18 heavy (non-hydrogen) atoms. The minimum absolute atomic E-state index is 0.222. The van der Waals surface area contributed by atoms with Gasteiger partial charge in [-0.3, -0.25) is 4.79 Å². The maximum absolute atomic E-state index is 11.7. The summed E-state index contributed by atoms with van der Waals surface area (Å²) in [6.45, 7) is 6.56. The summed E-state index contributed by atoms with van der Waals surface area (Å²) in [6.07, 6.45) is 1.51. The van der Waals surface area contributed by atoms with Crippen molar-refractivity contribution < 1.29 is 9.53 Å². The Morgan fingerprint density at radius 1 is 1.39 bits per heavy atom. The molecule has 0 saturated heterocycles. The predicted octanol–water partition coefficient (Wildman–Crippen LogP) is 2.33. The Bertz CT molecular complexity index is 387. The highest BCUT2D eigenvalue weighted by Crippen LogP contribution is 2.05.